The van der Waals surface area contributed by atoms with Crippen LogP contribution < -0.4 is 0 Å². The summed E-state index contributed by atoms with van der Waals surface area (Å²) in [5.74, 6) is -0.806. The first-order chi connectivity index (χ1) is 15.2. The molecule has 0 bridgehead atoms. The van der Waals surface area contributed by atoms with Crippen LogP contribution in [-0.2, 0) is 17.6 Å². The van der Waals surface area contributed by atoms with Crippen LogP contribution in [0, 0.1) is 11.3 Å². The molecule has 1 unspecified atom stereocenters. The Kier molecular flexibility index (Phi) is 5.28. The van der Waals surface area contributed by atoms with E-state index in [1.807, 2.05) is 18.2 Å². The van der Waals surface area contributed by atoms with Crippen molar-refractivity contribution in [1.82, 2.24) is 9.78 Å². The van der Waals surface area contributed by atoms with Crippen molar-refractivity contribution in [2.75, 3.05) is 0 Å². The molecule has 2 aromatic rings. The molecule has 0 aliphatic heterocycles. The number of aliphatic carboxylic acids is 1. The van der Waals surface area contributed by atoms with Crippen molar-refractivity contribution >= 4 is 29.1 Å². The maximum Gasteiger partial charge on any atom is 0.306 e. The summed E-state index contributed by atoms with van der Waals surface area (Å²) in [6, 6.07) is 5.73. The van der Waals surface area contributed by atoms with Crippen LogP contribution in [0.2, 0.25) is 5.02 Å². The Morgan fingerprint density at radius 1 is 1.19 bits per heavy atom. The number of benzene rings is 1. The minimum atomic E-state index is -0.740. The van der Waals surface area contributed by atoms with Crippen LogP contribution >= 0.6 is 11.6 Å². The van der Waals surface area contributed by atoms with Gasteiger partial charge in [-0.3, -0.25) is 9.59 Å². The molecular weight excluding hydrogens is 424 g/mol. The van der Waals surface area contributed by atoms with Gasteiger partial charge in [0, 0.05) is 5.56 Å². The summed E-state index contributed by atoms with van der Waals surface area (Å²) in [7, 11) is 0. The van der Waals surface area contributed by atoms with Crippen molar-refractivity contribution in [1.29, 1.82) is 0 Å². The maximum absolute atomic E-state index is 13.9. The molecule has 0 spiro atoms. The second-order valence-corrected chi connectivity index (χ2v) is 10.8. The van der Waals surface area contributed by atoms with Gasteiger partial charge < -0.3 is 5.11 Å². The average molecular weight is 453 g/mol. The van der Waals surface area contributed by atoms with Gasteiger partial charge in [0.1, 0.15) is 0 Å². The van der Waals surface area contributed by atoms with Gasteiger partial charge >= 0.3 is 5.97 Å². The van der Waals surface area contributed by atoms with Gasteiger partial charge in [-0.2, -0.15) is 9.78 Å². The third kappa shape index (κ3) is 3.81. The molecule has 0 amide bonds. The summed E-state index contributed by atoms with van der Waals surface area (Å²) >= 11 is 6.56. The standard InChI is InChI=1S/C26H29ClN2O3/c1-26(2)13-12-19-21(14-26)29(28-23(19)16-8-10-17(11-9-16)25(31)32)24(30)22-18(15-6-7-15)4-3-5-20(22)27/h3-5,8,15,17H,6-7,9-14H2,1-2H3,(H,31,32). The van der Waals surface area contributed by atoms with Crippen molar-refractivity contribution in [3.8, 4) is 0 Å². The zero-order valence-corrected chi connectivity index (χ0v) is 19.4. The summed E-state index contributed by atoms with van der Waals surface area (Å²) in [6.07, 6.45) is 8.71. The third-order valence-corrected chi connectivity index (χ3v) is 7.64. The smallest absolute Gasteiger partial charge is 0.306 e. The number of hydrogen-bond donors (Lipinski definition) is 1. The van der Waals surface area contributed by atoms with Gasteiger partial charge in [-0.25, -0.2) is 0 Å². The van der Waals surface area contributed by atoms with E-state index in [-0.39, 0.29) is 17.2 Å². The molecule has 3 aliphatic carbocycles. The molecule has 5 rings (SSSR count). The van der Waals surface area contributed by atoms with Gasteiger partial charge in [0.15, 0.2) is 0 Å². The zero-order valence-electron chi connectivity index (χ0n) is 18.7. The molecule has 0 radical (unpaired) electrons. The van der Waals surface area contributed by atoms with E-state index < -0.39 is 5.97 Å². The molecule has 3 aliphatic rings. The van der Waals surface area contributed by atoms with Crippen LogP contribution in [0.4, 0.5) is 0 Å². The molecule has 6 heteroatoms. The summed E-state index contributed by atoms with van der Waals surface area (Å²) in [4.78, 5) is 25.2. The van der Waals surface area contributed by atoms with E-state index in [9.17, 15) is 14.7 Å². The number of fused-ring (bicyclic) bond motifs is 1. The first-order valence-corrected chi connectivity index (χ1v) is 12.0. The van der Waals surface area contributed by atoms with E-state index in [0.717, 1.165) is 60.2 Å². The van der Waals surface area contributed by atoms with Gasteiger partial charge in [-0.1, -0.05) is 43.7 Å². The van der Waals surface area contributed by atoms with Crippen LogP contribution in [-0.4, -0.2) is 26.8 Å². The molecule has 1 saturated carbocycles. The number of hydrogen-bond acceptors (Lipinski definition) is 3. The van der Waals surface area contributed by atoms with Gasteiger partial charge in [0.2, 0.25) is 0 Å². The van der Waals surface area contributed by atoms with Crippen molar-refractivity contribution in [3.63, 3.8) is 0 Å². The van der Waals surface area contributed by atoms with Gasteiger partial charge in [-0.15, -0.1) is 0 Å². The molecule has 0 saturated heterocycles. The third-order valence-electron chi connectivity index (χ3n) is 7.32. The number of nitrogens with zero attached hydrogens (tertiary/aromatic N) is 2. The van der Waals surface area contributed by atoms with Crippen LogP contribution in [0.15, 0.2) is 24.3 Å². The van der Waals surface area contributed by atoms with E-state index in [1.54, 1.807) is 10.7 Å². The number of carbonyl (C=O) groups is 2. The van der Waals surface area contributed by atoms with Crippen LogP contribution in [0.3, 0.4) is 0 Å². The highest BCUT2D eigenvalue weighted by Crippen LogP contribution is 2.44. The van der Waals surface area contributed by atoms with Gasteiger partial charge in [0.25, 0.3) is 5.91 Å². The van der Waals surface area contributed by atoms with Crippen molar-refractivity contribution in [2.24, 2.45) is 11.3 Å². The van der Waals surface area contributed by atoms with E-state index in [1.165, 1.54) is 0 Å². The highest BCUT2D eigenvalue weighted by atomic mass is 35.5. The predicted octanol–water partition coefficient (Wildman–Crippen LogP) is 5.89. The Morgan fingerprint density at radius 2 is 1.97 bits per heavy atom. The summed E-state index contributed by atoms with van der Waals surface area (Å²) in [6.45, 7) is 4.47. The summed E-state index contributed by atoms with van der Waals surface area (Å²) in [5, 5.41) is 14.7. The lowest BCUT2D eigenvalue weighted by molar-refractivity contribution is -0.141. The number of aromatic nitrogens is 2. The second kappa shape index (κ2) is 7.87. The molecule has 32 heavy (non-hydrogen) atoms. The quantitative estimate of drug-likeness (QED) is 0.628. The molecule has 1 aromatic heterocycles. The SMILES string of the molecule is CC1(C)CCc2c(C3=CCC(C(=O)O)CC3)nn(C(=O)c3c(Cl)cccc3C3CC3)c2C1. The van der Waals surface area contributed by atoms with E-state index in [0.29, 0.717) is 35.8 Å². The highest BCUT2D eigenvalue weighted by Gasteiger charge is 2.36. The van der Waals surface area contributed by atoms with Crippen molar-refractivity contribution in [3.05, 3.63) is 57.4 Å². The first-order valence-electron chi connectivity index (χ1n) is 11.6. The van der Waals surface area contributed by atoms with E-state index in [2.05, 4.69) is 13.8 Å². The fourth-order valence-electron chi connectivity index (χ4n) is 5.24. The minimum absolute atomic E-state index is 0.0947. The average Bonchev–Trinajstić information content (AvgIpc) is 3.54. The second-order valence-electron chi connectivity index (χ2n) is 10.3. The molecule has 5 nitrogen and oxygen atoms in total. The lowest BCUT2D eigenvalue weighted by Gasteiger charge is -2.30. The number of carboxylic acid groups (broad SMARTS) is 1. The molecule has 1 N–H and O–H groups in total. The summed E-state index contributed by atoms with van der Waals surface area (Å²) in [5.41, 5.74) is 5.81. The Morgan fingerprint density at radius 3 is 2.62 bits per heavy atom. The van der Waals surface area contributed by atoms with Gasteiger partial charge in [-0.05, 0) is 79.9 Å². The Hall–Kier alpha value is -2.40. The van der Waals surface area contributed by atoms with Crippen LogP contribution in [0.1, 0.15) is 91.2 Å². The topological polar surface area (TPSA) is 72.2 Å². The first kappa shape index (κ1) is 21.4. The van der Waals surface area contributed by atoms with Crippen molar-refractivity contribution in [2.45, 2.75) is 71.1 Å². The highest BCUT2D eigenvalue weighted by molar-refractivity contribution is 6.34. The van der Waals surface area contributed by atoms with Crippen LogP contribution in [0.5, 0.6) is 0 Å². The zero-order chi connectivity index (χ0) is 22.6. The molecule has 1 heterocycles. The van der Waals surface area contributed by atoms with Gasteiger partial charge in [0.05, 0.1) is 27.9 Å². The van der Waals surface area contributed by atoms with E-state index in [4.69, 9.17) is 16.7 Å². The predicted molar refractivity (Wildman–Crippen MR) is 124 cm³/mol. The van der Waals surface area contributed by atoms with Crippen molar-refractivity contribution < 1.29 is 14.7 Å². The molecule has 168 valence electrons. The number of carbonyl (C=O) groups excluding carboxylic acids is 1. The molecule has 1 aromatic carbocycles. The number of halogens is 1. The number of rotatable bonds is 4. The molecular formula is C26H29ClN2O3. The minimum Gasteiger partial charge on any atom is -0.481 e. The largest absolute Gasteiger partial charge is 0.481 e. The number of allylic oxidation sites excluding steroid dienone is 2. The Bertz CT molecular complexity index is 1140. The lowest BCUT2D eigenvalue weighted by Crippen LogP contribution is -2.27. The molecule has 1 atom stereocenters. The number of carboxylic acids is 1. The lowest BCUT2D eigenvalue weighted by atomic mass is 9.75. The Labute approximate surface area is 193 Å². The maximum atomic E-state index is 13.9. The van der Waals surface area contributed by atoms with E-state index >= 15 is 0 Å². The monoisotopic (exact) mass is 452 g/mol. The molecule has 1 fully saturated rings. The fraction of sp³-hybridized carbons (Fsp3) is 0.500. The van der Waals surface area contributed by atoms with Crippen LogP contribution in [0.25, 0.3) is 5.57 Å². The summed E-state index contributed by atoms with van der Waals surface area (Å²) < 4.78 is 1.61. The normalized spacial score (nSPS) is 22.2. The fourth-order valence-corrected chi connectivity index (χ4v) is 5.50. The Balaban J connectivity index is 1.60.